The summed E-state index contributed by atoms with van der Waals surface area (Å²) in [5.74, 6) is 0.507. The summed E-state index contributed by atoms with van der Waals surface area (Å²) in [5, 5.41) is 7.79. The molecule has 1 aliphatic carbocycles. The number of nitrogens with zero attached hydrogens (tertiary/aromatic N) is 2. The maximum atomic E-state index is 2.54. The first-order chi connectivity index (χ1) is 28.8. The standard InChI is InChI=1S/C56H44N2/c1-6-18-39(19-7-1)42-31-34-49-51(36-42)55(41-22-10-3-11-23-41)48-33-30-43(40-20-8-2-9-21-40)37-52(48)56(49)57(44-24-12-4-13-25-44)46-32-35-54-50(38-46)47-28-16-17-29-53(47)58(54)45-26-14-5-15-27-45/h1-2,4-9,12-21,24-38,41H,3,10-11,22-23H2. The molecule has 11 rings (SSSR count). The van der Waals surface area contributed by atoms with E-state index in [1.807, 2.05) is 0 Å². The molecule has 9 aromatic carbocycles. The van der Waals surface area contributed by atoms with Crippen LogP contribution < -0.4 is 4.90 Å². The number of hydrogen-bond donors (Lipinski definition) is 0. The third-order valence-electron chi connectivity index (χ3n) is 12.5. The molecule has 0 bridgehead atoms. The van der Waals surface area contributed by atoms with Gasteiger partial charge in [-0.1, -0.05) is 159 Å². The van der Waals surface area contributed by atoms with Gasteiger partial charge in [-0.05, 0) is 118 Å². The molecular weight excluding hydrogens is 701 g/mol. The highest BCUT2D eigenvalue weighted by molar-refractivity contribution is 6.19. The fourth-order valence-electron chi connectivity index (χ4n) is 9.87. The Morgan fingerprint density at radius 1 is 0.362 bits per heavy atom. The van der Waals surface area contributed by atoms with Crippen molar-refractivity contribution in [1.29, 1.82) is 0 Å². The largest absolute Gasteiger partial charge is 0.309 e. The monoisotopic (exact) mass is 744 g/mol. The highest BCUT2D eigenvalue weighted by Gasteiger charge is 2.27. The van der Waals surface area contributed by atoms with Crippen molar-refractivity contribution in [3.63, 3.8) is 0 Å². The summed E-state index contributed by atoms with van der Waals surface area (Å²) in [7, 11) is 0. The number of aromatic nitrogens is 1. The van der Waals surface area contributed by atoms with Crippen molar-refractivity contribution in [2.45, 2.75) is 38.0 Å². The Morgan fingerprint density at radius 2 is 0.931 bits per heavy atom. The molecule has 1 fully saturated rings. The van der Waals surface area contributed by atoms with E-state index in [1.165, 1.54) is 115 Å². The number of fused-ring (bicyclic) bond motifs is 5. The highest BCUT2D eigenvalue weighted by atomic mass is 15.1. The zero-order chi connectivity index (χ0) is 38.4. The van der Waals surface area contributed by atoms with Gasteiger partial charge in [-0.2, -0.15) is 0 Å². The van der Waals surface area contributed by atoms with Crippen LogP contribution in [-0.2, 0) is 0 Å². The van der Waals surface area contributed by atoms with E-state index in [9.17, 15) is 0 Å². The number of benzene rings is 9. The molecule has 0 amide bonds. The summed E-state index contributed by atoms with van der Waals surface area (Å²) in [6.07, 6.45) is 6.34. The number of para-hydroxylation sites is 3. The molecule has 1 heterocycles. The molecule has 58 heavy (non-hydrogen) atoms. The second-order valence-electron chi connectivity index (χ2n) is 15.9. The first kappa shape index (κ1) is 34.4. The molecule has 278 valence electrons. The Morgan fingerprint density at radius 3 is 1.62 bits per heavy atom. The van der Waals surface area contributed by atoms with Crippen molar-refractivity contribution in [3.8, 4) is 27.9 Å². The van der Waals surface area contributed by atoms with Crippen LogP contribution >= 0.6 is 0 Å². The third kappa shape index (κ3) is 5.87. The Hall–Kier alpha value is -6.90. The van der Waals surface area contributed by atoms with Gasteiger partial charge in [-0.3, -0.25) is 0 Å². The normalized spacial score (nSPS) is 13.4. The van der Waals surface area contributed by atoms with Crippen LogP contribution in [0.15, 0.2) is 200 Å². The van der Waals surface area contributed by atoms with Gasteiger partial charge < -0.3 is 9.47 Å². The summed E-state index contributed by atoms with van der Waals surface area (Å²) >= 11 is 0. The molecule has 0 saturated heterocycles. The van der Waals surface area contributed by atoms with E-state index in [2.05, 4.69) is 210 Å². The average Bonchev–Trinajstić information content (AvgIpc) is 3.64. The van der Waals surface area contributed by atoms with Crippen LogP contribution in [0.25, 0.3) is 71.3 Å². The quantitative estimate of drug-likeness (QED) is 0.148. The van der Waals surface area contributed by atoms with Crippen LogP contribution in [0.1, 0.15) is 43.6 Å². The molecule has 10 aromatic rings. The van der Waals surface area contributed by atoms with Crippen LogP contribution in [0.4, 0.5) is 17.1 Å². The van der Waals surface area contributed by atoms with Gasteiger partial charge in [-0.25, -0.2) is 0 Å². The average molecular weight is 745 g/mol. The lowest BCUT2D eigenvalue weighted by atomic mass is 9.78. The summed E-state index contributed by atoms with van der Waals surface area (Å²) in [5.41, 5.74) is 13.6. The van der Waals surface area contributed by atoms with Crippen LogP contribution in [0.3, 0.4) is 0 Å². The van der Waals surface area contributed by atoms with E-state index in [-0.39, 0.29) is 0 Å². The van der Waals surface area contributed by atoms with Crippen molar-refractivity contribution < 1.29 is 0 Å². The second-order valence-corrected chi connectivity index (χ2v) is 15.9. The predicted octanol–water partition coefficient (Wildman–Crippen LogP) is 15.9. The van der Waals surface area contributed by atoms with Gasteiger partial charge in [0.25, 0.3) is 0 Å². The van der Waals surface area contributed by atoms with Gasteiger partial charge in [0.15, 0.2) is 0 Å². The molecule has 0 N–H and O–H groups in total. The van der Waals surface area contributed by atoms with Crippen LogP contribution in [0.5, 0.6) is 0 Å². The van der Waals surface area contributed by atoms with E-state index >= 15 is 0 Å². The molecule has 1 saturated carbocycles. The smallest absolute Gasteiger partial charge is 0.0618 e. The summed E-state index contributed by atoms with van der Waals surface area (Å²) in [6, 6.07) is 74.0. The van der Waals surface area contributed by atoms with Gasteiger partial charge in [0.1, 0.15) is 0 Å². The summed E-state index contributed by atoms with van der Waals surface area (Å²) < 4.78 is 2.41. The molecule has 0 aliphatic heterocycles. The molecule has 0 spiro atoms. The lowest BCUT2D eigenvalue weighted by molar-refractivity contribution is 0.447. The van der Waals surface area contributed by atoms with E-state index < -0.39 is 0 Å². The maximum Gasteiger partial charge on any atom is 0.0618 e. The second kappa shape index (κ2) is 14.6. The van der Waals surface area contributed by atoms with Gasteiger partial charge >= 0.3 is 0 Å². The fourth-order valence-corrected chi connectivity index (χ4v) is 9.87. The van der Waals surface area contributed by atoms with Crippen molar-refractivity contribution in [2.75, 3.05) is 4.90 Å². The van der Waals surface area contributed by atoms with Crippen molar-refractivity contribution >= 4 is 60.4 Å². The highest BCUT2D eigenvalue weighted by Crippen LogP contribution is 2.51. The number of hydrogen-bond acceptors (Lipinski definition) is 1. The first-order valence-corrected chi connectivity index (χ1v) is 20.9. The fraction of sp³-hybridized carbons (Fsp3) is 0.107. The van der Waals surface area contributed by atoms with Crippen LogP contribution in [-0.4, -0.2) is 4.57 Å². The van der Waals surface area contributed by atoms with Crippen LogP contribution in [0.2, 0.25) is 0 Å². The Kier molecular flexibility index (Phi) is 8.62. The molecule has 2 heteroatoms. The zero-order valence-electron chi connectivity index (χ0n) is 32.6. The van der Waals surface area contributed by atoms with E-state index in [4.69, 9.17) is 0 Å². The summed E-state index contributed by atoms with van der Waals surface area (Å²) in [4.78, 5) is 2.54. The molecule has 0 atom stereocenters. The Bertz CT molecular complexity index is 3070. The SMILES string of the molecule is c1ccc(-c2ccc3c(N(c4ccccc4)c4ccc5c(c4)c4ccccc4n5-c4ccccc4)c4cc(-c5ccccc5)ccc4c(C4CCCCC4)c3c2)cc1. The van der Waals surface area contributed by atoms with E-state index in [1.54, 1.807) is 0 Å². The predicted molar refractivity (Wildman–Crippen MR) is 247 cm³/mol. The molecule has 2 nitrogen and oxygen atoms in total. The third-order valence-corrected chi connectivity index (χ3v) is 12.5. The van der Waals surface area contributed by atoms with Gasteiger partial charge in [0.05, 0.1) is 16.7 Å². The van der Waals surface area contributed by atoms with Crippen molar-refractivity contribution in [2.24, 2.45) is 0 Å². The molecular formula is C56H44N2. The van der Waals surface area contributed by atoms with Gasteiger partial charge in [0.2, 0.25) is 0 Å². The van der Waals surface area contributed by atoms with Crippen molar-refractivity contribution in [3.05, 3.63) is 206 Å². The van der Waals surface area contributed by atoms with Gasteiger partial charge in [-0.15, -0.1) is 0 Å². The Labute approximate surface area is 340 Å². The zero-order valence-corrected chi connectivity index (χ0v) is 32.6. The number of rotatable bonds is 7. The lowest BCUT2D eigenvalue weighted by Crippen LogP contribution is -2.13. The molecule has 1 aromatic heterocycles. The lowest BCUT2D eigenvalue weighted by Gasteiger charge is -2.32. The number of anilines is 3. The Balaban J connectivity index is 1.25. The molecule has 1 aliphatic rings. The minimum absolute atomic E-state index is 0.507. The van der Waals surface area contributed by atoms with E-state index in [0.29, 0.717) is 5.92 Å². The first-order valence-electron chi connectivity index (χ1n) is 20.9. The minimum atomic E-state index is 0.507. The van der Waals surface area contributed by atoms with Crippen LogP contribution in [0, 0.1) is 0 Å². The maximum absolute atomic E-state index is 2.54. The van der Waals surface area contributed by atoms with Crippen molar-refractivity contribution in [1.82, 2.24) is 4.57 Å². The minimum Gasteiger partial charge on any atom is -0.309 e. The topological polar surface area (TPSA) is 8.17 Å². The summed E-state index contributed by atoms with van der Waals surface area (Å²) in [6.45, 7) is 0. The van der Waals surface area contributed by atoms with E-state index in [0.717, 1.165) is 11.4 Å². The molecule has 0 unspecified atom stereocenters. The van der Waals surface area contributed by atoms with Gasteiger partial charge in [0, 0.05) is 38.6 Å². The molecule has 0 radical (unpaired) electrons.